The predicted octanol–water partition coefficient (Wildman–Crippen LogP) is 1.14. The van der Waals surface area contributed by atoms with Gasteiger partial charge in [0.15, 0.2) is 5.15 Å². The molecule has 1 N–H and O–H groups in total. The van der Waals surface area contributed by atoms with Crippen molar-refractivity contribution in [1.29, 1.82) is 0 Å². The second kappa shape index (κ2) is 4.42. The summed E-state index contributed by atoms with van der Waals surface area (Å²) in [4.78, 5) is 29.8. The molecule has 0 atom stereocenters. The molecule has 0 amide bonds. The largest absolute Gasteiger partial charge is 0.329 e. The number of rotatable bonds is 2. The molecule has 8 heteroatoms. The lowest BCUT2D eigenvalue weighted by atomic mass is 10.4. The molecule has 2 heterocycles. The minimum atomic E-state index is -1.16. The second-order valence-electron chi connectivity index (χ2n) is 3.31. The first-order valence-corrected chi connectivity index (χ1v) is 5.83. The van der Waals surface area contributed by atoms with E-state index < -0.39 is 22.2 Å². The average Bonchev–Trinajstić information content (AvgIpc) is 2.67. The first kappa shape index (κ1) is 12.0. The fourth-order valence-electron chi connectivity index (χ4n) is 1.29. The molecule has 0 saturated carbocycles. The van der Waals surface area contributed by atoms with Gasteiger partial charge < -0.3 is 0 Å². The van der Waals surface area contributed by atoms with Crippen LogP contribution in [0.5, 0.6) is 0 Å². The summed E-state index contributed by atoms with van der Waals surface area (Å²) in [5.74, 6) is -1.16. The highest BCUT2D eigenvalue weighted by atomic mass is 35.5. The van der Waals surface area contributed by atoms with Gasteiger partial charge in [-0.1, -0.05) is 11.6 Å². The third-order valence-electron chi connectivity index (χ3n) is 2.23. The van der Waals surface area contributed by atoms with Gasteiger partial charge in [-0.15, -0.1) is 11.3 Å². The molecule has 5 nitrogen and oxygen atoms in total. The zero-order chi connectivity index (χ0) is 12.6. The number of thiazole rings is 1. The summed E-state index contributed by atoms with van der Waals surface area (Å²) < 4.78 is 14.0. The Balaban J connectivity index is 2.55. The van der Waals surface area contributed by atoms with Crippen molar-refractivity contribution in [2.75, 3.05) is 0 Å². The van der Waals surface area contributed by atoms with E-state index in [9.17, 15) is 14.0 Å². The molecule has 2 aromatic rings. The van der Waals surface area contributed by atoms with E-state index in [4.69, 9.17) is 11.6 Å². The molecule has 0 spiro atoms. The Kier molecular flexibility index (Phi) is 3.12. The fourth-order valence-corrected chi connectivity index (χ4v) is 2.21. The average molecular weight is 276 g/mol. The zero-order valence-electron chi connectivity index (χ0n) is 8.66. The first-order valence-electron chi connectivity index (χ1n) is 4.57. The topological polar surface area (TPSA) is 67.8 Å². The van der Waals surface area contributed by atoms with Gasteiger partial charge in [-0.05, 0) is 6.92 Å². The van der Waals surface area contributed by atoms with E-state index in [2.05, 4.69) is 9.97 Å². The van der Waals surface area contributed by atoms with Gasteiger partial charge >= 0.3 is 5.69 Å². The summed E-state index contributed by atoms with van der Waals surface area (Å²) in [5, 5.41) is -0.572. The maximum atomic E-state index is 13.3. The van der Waals surface area contributed by atoms with Crippen molar-refractivity contribution >= 4 is 22.9 Å². The molecular weight excluding hydrogens is 269 g/mol. The van der Waals surface area contributed by atoms with Crippen LogP contribution in [0.3, 0.4) is 0 Å². The van der Waals surface area contributed by atoms with Gasteiger partial charge in [0.05, 0.1) is 17.7 Å². The SMILES string of the molecule is Cc1ncsc1Cn1c(=O)[nH]c(Cl)c(F)c1=O. The standard InChI is InChI=1S/C9H7ClFN3O2S/c1-4-5(17-3-12-4)2-14-8(15)6(11)7(10)13-9(14)16/h3H,2H2,1H3,(H,13,16). The summed E-state index contributed by atoms with van der Waals surface area (Å²) in [6.45, 7) is 1.73. The molecular formula is C9H7ClFN3O2S. The van der Waals surface area contributed by atoms with Gasteiger partial charge in [-0.25, -0.2) is 9.78 Å². The Morgan fingerprint density at radius 3 is 2.88 bits per heavy atom. The van der Waals surface area contributed by atoms with E-state index >= 15 is 0 Å². The fraction of sp³-hybridized carbons (Fsp3) is 0.222. The van der Waals surface area contributed by atoms with Crippen molar-refractivity contribution in [3.8, 4) is 0 Å². The van der Waals surface area contributed by atoms with Gasteiger partial charge in [0, 0.05) is 4.88 Å². The normalized spacial score (nSPS) is 10.8. The van der Waals surface area contributed by atoms with Gasteiger partial charge in [-0.3, -0.25) is 14.3 Å². The van der Waals surface area contributed by atoms with E-state index in [1.807, 2.05) is 0 Å². The number of aromatic nitrogens is 3. The molecule has 2 aromatic heterocycles. The zero-order valence-corrected chi connectivity index (χ0v) is 10.2. The Labute approximate surface area is 104 Å². The highest BCUT2D eigenvalue weighted by Crippen LogP contribution is 2.12. The van der Waals surface area contributed by atoms with Gasteiger partial charge in [0.25, 0.3) is 5.56 Å². The van der Waals surface area contributed by atoms with Crippen molar-refractivity contribution in [2.24, 2.45) is 0 Å². The van der Waals surface area contributed by atoms with Crippen LogP contribution in [0.1, 0.15) is 10.6 Å². The molecule has 0 aliphatic rings. The van der Waals surface area contributed by atoms with Gasteiger partial charge in [0.2, 0.25) is 5.82 Å². The van der Waals surface area contributed by atoms with E-state index in [1.165, 1.54) is 11.3 Å². The van der Waals surface area contributed by atoms with Crippen LogP contribution in [0.4, 0.5) is 4.39 Å². The molecule has 0 unspecified atom stereocenters. The Hall–Kier alpha value is -1.47. The lowest BCUT2D eigenvalue weighted by Crippen LogP contribution is -2.37. The van der Waals surface area contributed by atoms with Crippen LogP contribution in [0.25, 0.3) is 0 Å². The minimum absolute atomic E-state index is 0.0151. The summed E-state index contributed by atoms with van der Waals surface area (Å²) in [7, 11) is 0. The summed E-state index contributed by atoms with van der Waals surface area (Å²) in [6, 6.07) is 0. The lowest BCUT2D eigenvalue weighted by Gasteiger charge is -2.03. The van der Waals surface area contributed by atoms with Crippen molar-refractivity contribution in [3.63, 3.8) is 0 Å². The molecule has 0 saturated heterocycles. The molecule has 0 fully saturated rings. The predicted molar refractivity (Wildman–Crippen MR) is 62.2 cm³/mol. The monoisotopic (exact) mass is 275 g/mol. The quantitative estimate of drug-likeness (QED) is 0.836. The highest BCUT2D eigenvalue weighted by molar-refractivity contribution is 7.09. The number of aromatic amines is 1. The number of hydrogen-bond acceptors (Lipinski definition) is 4. The molecule has 2 rings (SSSR count). The lowest BCUT2D eigenvalue weighted by molar-refractivity contribution is 0.559. The highest BCUT2D eigenvalue weighted by Gasteiger charge is 2.13. The van der Waals surface area contributed by atoms with Crippen LogP contribution >= 0.6 is 22.9 Å². The number of nitrogens with one attached hydrogen (secondary N) is 1. The molecule has 0 aliphatic carbocycles. The number of H-pyrrole nitrogens is 1. The number of aryl methyl sites for hydroxylation is 1. The summed E-state index contributed by atoms with van der Waals surface area (Å²) in [5.41, 5.74) is 0.522. The van der Waals surface area contributed by atoms with Crippen molar-refractivity contribution in [2.45, 2.75) is 13.5 Å². The van der Waals surface area contributed by atoms with Crippen LogP contribution in [0, 0.1) is 12.7 Å². The first-order chi connectivity index (χ1) is 8.00. The van der Waals surface area contributed by atoms with Gasteiger partial charge in [0.1, 0.15) is 0 Å². The van der Waals surface area contributed by atoms with Crippen molar-refractivity contribution < 1.29 is 4.39 Å². The van der Waals surface area contributed by atoms with Crippen LogP contribution in [0.2, 0.25) is 5.15 Å². The Morgan fingerprint density at radius 2 is 2.29 bits per heavy atom. The molecule has 17 heavy (non-hydrogen) atoms. The molecule has 0 aromatic carbocycles. The van der Waals surface area contributed by atoms with Crippen LogP contribution in [0.15, 0.2) is 15.1 Å². The van der Waals surface area contributed by atoms with Gasteiger partial charge in [-0.2, -0.15) is 4.39 Å². The third-order valence-corrected chi connectivity index (χ3v) is 3.41. The smallest absolute Gasteiger partial charge is 0.295 e. The number of nitrogens with zero attached hydrogens (tertiary/aromatic N) is 2. The van der Waals surface area contributed by atoms with E-state index in [1.54, 1.807) is 12.4 Å². The van der Waals surface area contributed by atoms with E-state index in [0.29, 0.717) is 5.69 Å². The van der Waals surface area contributed by atoms with Crippen LogP contribution in [-0.4, -0.2) is 14.5 Å². The van der Waals surface area contributed by atoms with Crippen LogP contribution in [-0.2, 0) is 6.54 Å². The Morgan fingerprint density at radius 1 is 1.59 bits per heavy atom. The van der Waals surface area contributed by atoms with E-state index in [-0.39, 0.29) is 6.54 Å². The third kappa shape index (κ3) is 2.16. The second-order valence-corrected chi connectivity index (χ2v) is 4.63. The summed E-state index contributed by atoms with van der Waals surface area (Å²) >= 11 is 6.64. The molecule has 0 bridgehead atoms. The maximum absolute atomic E-state index is 13.3. The summed E-state index contributed by atoms with van der Waals surface area (Å²) in [6.07, 6.45) is 0. The molecule has 0 aliphatic heterocycles. The molecule has 0 radical (unpaired) electrons. The minimum Gasteiger partial charge on any atom is -0.295 e. The number of hydrogen-bond donors (Lipinski definition) is 1. The number of halogens is 2. The van der Waals surface area contributed by atoms with Crippen LogP contribution < -0.4 is 11.2 Å². The molecule has 90 valence electrons. The van der Waals surface area contributed by atoms with Crippen molar-refractivity contribution in [3.05, 3.63) is 47.9 Å². The van der Waals surface area contributed by atoms with Crippen molar-refractivity contribution in [1.82, 2.24) is 14.5 Å². The maximum Gasteiger partial charge on any atom is 0.329 e. The van der Waals surface area contributed by atoms with E-state index in [0.717, 1.165) is 9.44 Å². The Bertz CT molecular complexity index is 676.